The van der Waals surface area contributed by atoms with Crippen LogP contribution in [-0.2, 0) is 22.2 Å². The summed E-state index contributed by atoms with van der Waals surface area (Å²) in [6.45, 7) is 2.11. The predicted molar refractivity (Wildman–Crippen MR) is 112 cm³/mol. The van der Waals surface area contributed by atoms with E-state index in [-0.39, 0.29) is 17.2 Å². The van der Waals surface area contributed by atoms with Gasteiger partial charge in [-0.3, -0.25) is 4.79 Å². The van der Waals surface area contributed by atoms with Gasteiger partial charge in [-0.05, 0) is 43.4 Å². The van der Waals surface area contributed by atoms with Crippen LogP contribution in [0.15, 0.2) is 59.5 Å². The van der Waals surface area contributed by atoms with Gasteiger partial charge in [-0.2, -0.15) is 0 Å². The third-order valence-electron chi connectivity index (χ3n) is 6.01. The number of carbonyl (C=O) groups excluding carboxylic acids is 1. The van der Waals surface area contributed by atoms with E-state index in [1.807, 2.05) is 34.6 Å². The Morgan fingerprint density at radius 2 is 1.86 bits per heavy atom. The Hall–Kier alpha value is -1.69. The van der Waals surface area contributed by atoms with Gasteiger partial charge in [-0.25, -0.2) is 8.51 Å². The standard InChI is InChI=1S/C22H25ClN2O2S/c23-19-10-4-5-11-20(19)28(27)25-15-22(16-25)13-12-18(22)21(26)24-14-6-9-17-7-2-1-3-8-17/h1-5,7-8,10-11,18H,6,9,12-16H2,(H,24,26). The van der Waals surface area contributed by atoms with Gasteiger partial charge in [-0.15, -0.1) is 0 Å². The lowest BCUT2D eigenvalue weighted by Crippen LogP contribution is -2.67. The number of halogens is 1. The molecule has 1 amide bonds. The molecule has 2 fully saturated rings. The Morgan fingerprint density at radius 3 is 2.54 bits per heavy atom. The number of nitrogens with one attached hydrogen (secondary N) is 1. The summed E-state index contributed by atoms with van der Waals surface area (Å²) >= 11 is 6.17. The predicted octanol–water partition coefficient (Wildman–Crippen LogP) is 3.82. The van der Waals surface area contributed by atoms with Gasteiger partial charge in [0.25, 0.3) is 0 Å². The first-order valence-electron chi connectivity index (χ1n) is 9.82. The first-order valence-corrected chi connectivity index (χ1v) is 11.3. The Balaban J connectivity index is 1.24. The zero-order chi connectivity index (χ0) is 19.6. The van der Waals surface area contributed by atoms with Crippen LogP contribution >= 0.6 is 11.6 Å². The largest absolute Gasteiger partial charge is 0.356 e. The van der Waals surface area contributed by atoms with Gasteiger partial charge in [0.15, 0.2) is 0 Å². The van der Waals surface area contributed by atoms with E-state index >= 15 is 0 Å². The fraction of sp³-hybridized carbons (Fsp3) is 0.409. The van der Waals surface area contributed by atoms with Crippen molar-refractivity contribution in [3.63, 3.8) is 0 Å². The lowest BCUT2D eigenvalue weighted by atomic mass is 9.56. The highest BCUT2D eigenvalue weighted by Gasteiger charge is 2.58. The SMILES string of the molecule is O=C(NCCCc1ccccc1)C1CCC12CN(S(=O)c1ccccc1Cl)C2. The minimum absolute atomic E-state index is 0.000427. The molecule has 1 saturated heterocycles. The second-order valence-corrected chi connectivity index (χ2v) is 9.67. The van der Waals surface area contributed by atoms with E-state index in [1.54, 1.807) is 12.1 Å². The number of carbonyl (C=O) groups is 1. The van der Waals surface area contributed by atoms with Crippen LogP contribution in [0.2, 0.25) is 5.02 Å². The zero-order valence-electron chi connectivity index (χ0n) is 15.8. The minimum Gasteiger partial charge on any atom is -0.356 e. The van der Waals surface area contributed by atoms with Crippen LogP contribution in [0.3, 0.4) is 0 Å². The molecule has 2 atom stereocenters. The molecule has 1 saturated carbocycles. The van der Waals surface area contributed by atoms with Crippen molar-refractivity contribution in [2.45, 2.75) is 30.6 Å². The molecular weight excluding hydrogens is 392 g/mol. The molecule has 148 valence electrons. The molecule has 0 aromatic heterocycles. The molecule has 4 nitrogen and oxygen atoms in total. The van der Waals surface area contributed by atoms with Crippen LogP contribution in [0, 0.1) is 11.3 Å². The van der Waals surface area contributed by atoms with Gasteiger partial charge >= 0.3 is 0 Å². The molecule has 1 aliphatic carbocycles. The molecule has 2 unspecified atom stereocenters. The van der Waals surface area contributed by atoms with E-state index in [9.17, 15) is 9.00 Å². The third-order valence-corrected chi connectivity index (χ3v) is 7.91. The first-order chi connectivity index (χ1) is 13.6. The molecular formula is C22H25ClN2O2S. The van der Waals surface area contributed by atoms with Crippen LogP contribution in [0.4, 0.5) is 0 Å². The summed E-state index contributed by atoms with van der Waals surface area (Å²) in [6.07, 6.45) is 3.88. The Bertz CT molecular complexity index is 868. The first kappa shape index (κ1) is 19.6. The van der Waals surface area contributed by atoms with Crippen LogP contribution in [0.1, 0.15) is 24.8 Å². The molecule has 0 radical (unpaired) electrons. The molecule has 28 heavy (non-hydrogen) atoms. The van der Waals surface area contributed by atoms with Gasteiger partial charge in [0, 0.05) is 31.0 Å². The fourth-order valence-electron chi connectivity index (χ4n) is 4.26. The summed E-state index contributed by atoms with van der Waals surface area (Å²) in [7, 11) is -1.25. The number of rotatable bonds is 7. The number of nitrogens with zero attached hydrogens (tertiary/aromatic N) is 1. The lowest BCUT2D eigenvalue weighted by molar-refractivity contribution is -0.146. The maximum absolute atomic E-state index is 12.7. The summed E-state index contributed by atoms with van der Waals surface area (Å²) in [6, 6.07) is 17.6. The van der Waals surface area contributed by atoms with Crippen molar-refractivity contribution in [1.29, 1.82) is 0 Å². The fourth-order valence-corrected chi connectivity index (χ4v) is 6.05. The van der Waals surface area contributed by atoms with Crippen molar-refractivity contribution in [2.75, 3.05) is 19.6 Å². The number of aryl methyl sites for hydroxylation is 1. The lowest BCUT2D eigenvalue weighted by Gasteiger charge is -2.59. The number of benzene rings is 2. The molecule has 4 rings (SSSR count). The quantitative estimate of drug-likeness (QED) is 0.697. The maximum Gasteiger partial charge on any atom is 0.223 e. The van der Waals surface area contributed by atoms with Crippen LogP contribution in [-0.4, -0.2) is 34.1 Å². The number of hydrogen-bond donors (Lipinski definition) is 1. The molecule has 1 N–H and O–H groups in total. The highest BCUT2D eigenvalue weighted by Crippen LogP contribution is 2.54. The molecule has 6 heteroatoms. The second-order valence-electron chi connectivity index (χ2n) is 7.81. The smallest absolute Gasteiger partial charge is 0.223 e. The maximum atomic E-state index is 12.7. The van der Waals surface area contributed by atoms with Gasteiger partial charge in [-0.1, -0.05) is 54.1 Å². The highest BCUT2D eigenvalue weighted by molar-refractivity contribution is 7.82. The molecule has 1 heterocycles. The summed E-state index contributed by atoms with van der Waals surface area (Å²) < 4.78 is 14.7. The topological polar surface area (TPSA) is 49.4 Å². The van der Waals surface area contributed by atoms with Crippen molar-refractivity contribution in [1.82, 2.24) is 9.62 Å². The van der Waals surface area contributed by atoms with Gasteiger partial charge in [0.1, 0.15) is 11.0 Å². The van der Waals surface area contributed by atoms with E-state index in [0.717, 1.165) is 25.7 Å². The highest BCUT2D eigenvalue weighted by atomic mass is 35.5. The third kappa shape index (κ3) is 3.88. The Kier molecular flexibility index (Phi) is 5.85. The van der Waals surface area contributed by atoms with Gasteiger partial charge < -0.3 is 5.32 Å². The van der Waals surface area contributed by atoms with Gasteiger partial charge in [0.05, 0.1) is 9.92 Å². The van der Waals surface area contributed by atoms with Crippen molar-refractivity contribution in [3.8, 4) is 0 Å². The molecule has 2 aromatic carbocycles. The monoisotopic (exact) mass is 416 g/mol. The normalized spacial score (nSPS) is 21.5. The van der Waals surface area contributed by atoms with Gasteiger partial charge in [0.2, 0.25) is 5.91 Å². The number of amides is 1. The Morgan fingerprint density at radius 1 is 1.14 bits per heavy atom. The van der Waals surface area contributed by atoms with Crippen LogP contribution in [0.5, 0.6) is 0 Å². The van der Waals surface area contributed by atoms with Crippen molar-refractivity contribution >= 4 is 28.5 Å². The van der Waals surface area contributed by atoms with E-state index < -0.39 is 11.0 Å². The van der Waals surface area contributed by atoms with E-state index in [4.69, 9.17) is 11.6 Å². The zero-order valence-corrected chi connectivity index (χ0v) is 17.3. The molecule has 1 spiro atoms. The molecule has 2 aromatic rings. The van der Waals surface area contributed by atoms with E-state index in [2.05, 4.69) is 17.4 Å². The molecule has 0 bridgehead atoms. The average Bonchev–Trinajstić information content (AvgIpc) is 2.64. The second kappa shape index (κ2) is 8.36. The van der Waals surface area contributed by atoms with E-state index in [0.29, 0.717) is 29.6 Å². The summed E-state index contributed by atoms with van der Waals surface area (Å²) in [5.41, 5.74) is 1.30. The van der Waals surface area contributed by atoms with Crippen LogP contribution in [0.25, 0.3) is 0 Å². The summed E-state index contributed by atoms with van der Waals surface area (Å²) in [5.74, 6) is 0.200. The molecule has 1 aliphatic heterocycles. The molecule has 2 aliphatic rings. The summed E-state index contributed by atoms with van der Waals surface area (Å²) in [5, 5.41) is 3.64. The van der Waals surface area contributed by atoms with Crippen molar-refractivity contribution in [2.24, 2.45) is 11.3 Å². The summed E-state index contributed by atoms with van der Waals surface area (Å²) in [4.78, 5) is 13.3. The minimum atomic E-state index is -1.25. The van der Waals surface area contributed by atoms with E-state index in [1.165, 1.54) is 5.56 Å². The average molecular weight is 417 g/mol. The number of hydrogen-bond acceptors (Lipinski definition) is 2. The van der Waals surface area contributed by atoms with Crippen LogP contribution < -0.4 is 5.32 Å². The van der Waals surface area contributed by atoms with Crippen molar-refractivity contribution in [3.05, 3.63) is 65.2 Å². The Labute approximate surface area is 173 Å². The van der Waals surface area contributed by atoms with Crippen molar-refractivity contribution < 1.29 is 9.00 Å².